The van der Waals surface area contributed by atoms with Gasteiger partial charge in [0.05, 0.1) is 5.02 Å². The number of hydrogen-bond donors (Lipinski definition) is 2. The maximum Gasteiger partial charge on any atom is 0.266 e. The van der Waals surface area contributed by atoms with E-state index in [1.54, 1.807) is 30.3 Å². The van der Waals surface area contributed by atoms with Gasteiger partial charge in [-0.2, -0.15) is 5.26 Å². The van der Waals surface area contributed by atoms with Crippen LogP contribution in [0.2, 0.25) is 10.0 Å². The van der Waals surface area contributed by atoms with Gasteiger partial charge in [-0.05, 0) is 42.5 Å². The Labute approximate surface area is 151 Å². The SMILES string of the molecule is N#C/C(=C/c1cc(Cl)cc(Cl)c1O)C(=O)Nc1ccc(Br)cc1. The van der Waals surface area contributed by atoms with Crippen molar-refractivity contribution in [3.63, 3.8) is 0 Å². The van der Waals surface area contributed by atoms with Gasteiger partial charge in [0.2, 0.25) is 0 Å². The number of hydrogen-bond acceptors (Lipinski definition) is 3. The average Bonchev–Trinajstić information content (AvgIpc) is 2.51. The number of nitrogens with one attached hydrogen (secondary N) is 1. The Balaban J connectivity index is 2.30. The zero-order valence-electron chi connectivity index (χ0n) is 11.5. The predicted octanol–water partition coefficient (Wildman–Crippen LogP) is 5.01. The van der Waals surface area contributed by atoms with Crippen LogP contribution in [0.4, 0.5) is 5.69 Å². The van der Waals surface area contributed by atoms with E-state index in [9.17, 15) is 15.2 Å². The summed E-state index contributed by atoms with van der Waals surface area (Å²) in [5.41, 5.74) is 0.527. The lowest BCUT2D eigenvalue weighted by atomic mass is 10.1. The highest BCUT2D eigenvalue weighted by Gasteiger charge is 2.13. The minimum absolute atomic E-state index is 0.0364. The van der Waals surface area contributed by atoms with Gasteiger partial charge in [-0.25, -0.2) is 0 Å². The molecule has 2 N–H and O–H groups in total. The topological polar surface area (TPSA) is 73.1 Å². The van der Waals surface area contributed by atoms with Crippen LogP contribution < -0.4 is 5.32 Å². The summed E-state index contributed by atoms with van der Waals surface area (Å²) in [4.78, 5) is 12.2. The molecule has 0 aliphatic heterocycles. The number of carbonyl (C=O) groups is 1. The normalized spacial score (nSPS) is 11.0. The number of halogens is 3. The quantitative estimate of drug-likeness (QED) is 0.550. The Kier molecular flexibility index (Phi) is 5.67. The van der Waals surface area contributed by atoms with Crippen molar-refractivity contribution in [1.82, 2.24) is 0 Å². The molecule has 2 aromatic rings. The van der Waals surface area contributed by atoms with Gasteiger partial charge < -0.3 is 10.4 Å². The molecular weight excluding hydrogens is 403 g/mol. The molecule has 0 unspecified atom stereocenters. The molecular formula is C16H9BrCl2N2O2. The molecule has 7 heteroatoms. The molecule has 0 spiro atoms. The average molecular weight is 412 g/mol. The second-order valence-corrected chi connectivity index (χ2v) is 6.22. The van der Waals surface area contributed by atoms with Gasteiger partial charge >= 0.3 is 0 Å². The summed E-state index contributed by atoms with van der Waals surface area (Å²) in [6.45, 7) is 0. The van der Waals surface area contributed by atoms with E-state index in [-0.39, 0.29) is 26.9 Å². The van der Waals surface area contributed by atoms with Crippen molar-refractivity contribution in [2.45, 2.75) is 0 Å². The van der Waals surface area contributed by atoms with Crippen LogP contribution in [0.5, 0.6) is 5.75 Å². The standard InChI is InChI=1S/C16H9BrCl2N2O2/c17-11-1-3-13(4-2-11)21-16(23)10(8-20)5-9-6-12(18)7-14(19)15(9)22/h1-7,22H,(H,21,23)/b10-5-. The number of amides is 1. The molecule has 0 radical (unpaired) electrons. The van der Waals surface area contributed by atoms with Crippen molar-refractivity contribution in [2.24, 2.45) is 0 Å². The first-order valence-corrected chi connectivity index (χ1v) is 7.82. The van der Waals surface area contributed by atoms with Crippen molar-refractivity contribution in [1.29, 1.82) is 5.26 Å². The molecule has 0 aliphatic rings. The summed E-state index contributed by atoms with van der Waals surface area (Å²) in [6.07, 6.45) is 1.22. The van der Waals surface area contributed by atoms with Gasteiger partial charge in [0.1, 0.15) is 17.4 Å². The summed E-state index contributed by atoms with van der Waals surface area (Å²) in [7, 11) is 0. The summed E-state index contributed by atoms with van der Waals surface area (Å²) >= 11 is 15.0. The van der Waals surface area contributed by atoms with Gasteiger partial charge in [0.15, 0.2) is 0 Å². The van der Waals surface area contributed by atoms with Crippen molar-refractivity contribution in [3.8, 4) is 11.8 Å². The molecule has 0 aliphatic carbocycles. The first-order valence-electron chi connectivity index (χ1n) is 6.27. The largest absolute Gasteiger partial charge is 0.506 e. The Morgan fingerprint density at radius 2 is 1.91 bits per heavy atom. The zero-order valence-corrected chi connectivity index (χ0v) is 14.6. The van der Waals surface area contributed by atoms with E-state index in [0.717, 1.165) is 4.47 Å². The van der Waals surface area contributed by atoms with Gasteiger partial charge in [0.25, 0.3) is 5.91 Å². The van der Waals surface area contributed by atoms with Crippen LogP contribution in [0, 0.1) is 11.3 Å². The van der Waals surface area contributed by atoms with Crippen LogP contribution in [0.3, 0.4) is 0 Å². The second-order valence-electron chi connectivity index (χ2n) is 4.46. The number of aromatic hydroxyl groups is 1. The van der Waals surface area contributed by atoms with Crippen LogP contribution in [0.15, 0.2) is 46.4 Å². The highest BCUT2D eigenvalue weighted by molar-refractivity contribution is 9.10. The number of nitrogens with zero attached hydrogens (tertiary/aromatic N) is 1. The van der Waals surface area contributed by atoms with Gasteiger partial charge in [0, 0.05) is 20.7 Å². The highest BCUT2D eigenvalue weighted by Crippen LogP contribution is 2.32. The maximum absolute atomic E-state index is 12.2. The molecule has 0 bridgehead atoms. The number of phenolic OH excluding ortho intramolecular Hbond substituents is 1. The van der Waals surface area contributed by atoms with Crippen LogP contribution in [-0.4, -0.2) is 11.0 Å². The third-order valence-electron chi connectivity index (χ3n) is 2.82. The minimum atomic E-state index is -0.606. The molecule has 0 aromatic heterocycles. The van der Waals surface area contributed by atoms with E-state index in [0.29, 0.717) is 5.69 Å². The number of benzene rings is 2. The van der Waals surface area contributed by atoms with Crippen molar-refractivity contribution in [3.05, 3.63) is 62.1 Å². The molecule has 2 aromatic carbocycles. The van der Waals surface area contributed by atoms with Gasteiger partial charge in [-0.15, -0.1) is 0 Å². The Bertz CT molecular complexity index is 827. The summed E-state index contributed by atoms with van der Waals surface area (Å²) in [6, 6.07) is 11.5. The van der Waals surface area contributed by atoms with Gasteiger partial charge in [-0.1, -0.05) is 39.1 Å². The lowest BCUT2D eigenvalue weighted by molar-refractivity contribution is -0.112. The number of phenols is 1. The van der Waals surface area contributed by atoms with E-state index in [2.05, 4.69) is 21.2 Å². The minimum Gasteiger partial charge on any atom is -0.506 e. The van der Waals surface area contributed by atoms with Crippen molar-refractivity contribution < 1.29 is 9.90 Å². The van der Waals surface area contributed by atoms with Crippen LogP contribution in [-0.2, 0) is 4.79 Å². The number of nitriles is 1. The van der Waals surface area contributed by atoms with E-state index in [1.165, 1.54) is 18.2 Å². The molecule has 0 saturated heterocycles. The molecule has 116 valence electrons. The molecule has 0 atom stereocenters. The van der Waals surface area contributed by atoms with E-state index in [1.807, 2.05) is 0 Å². The number of rotatable bonds is 3. The maximum atomic E-state index is 12.2. The summed E-state index contributed by atoms with van der Waals surface area (Å²) < 4.78 is 0.866. The fourth-order valence-electron chi connectivity index (χ4n) is 1.73. The first kappa shape index (κ1) is 17.4. The summed E-state index contributed by atoms with van der Waals surface area (Å²) in [5, 5.41) is 22.0. The molecule has 23 heavy (non-hydrogen) atoms. The Morgan fingerprint density at radius 3 is 2.52 bits per heavy atom. The Morgan fingerprint density at radius 1 is 1.26 bits per heavy atom. The molecule has 0 saturated carbocycles. The monoisotopic (exact) mass is 410 g/mol. The second kappa shape index (κ2) is 7.51. The highest BCUT2D eigenvalue weighted by atomic mass is 79.9. The molecule has 2 rings (SSSR count). The fraction of sp³-hybridized carbons (Fsp3) is 0. The van der Waals surface area contributed by atoms with Crippen LogP contribution in [0.25, 0.3) is 6.08 Å². The number of anilines is 1. The lowest BCUT2D eigenvalue weighted by Gasteiger charge is -2.06. The molecule has 0 heterocycles. The van der Waals surface area contributed by atoms with E-state index >= 15 is 0 Å². The Hall–Kier alpha value is -2.00. The molecule has 1 amide bonds. The van der Waals surface area contributed by atoms with Crippen molar-refractivity contribution >= 4 is 56.8 Å². The third kappa shape index (κ3) is 4.49. The lowest BCUT2D eigenvalue weighted by Crippen LogP contribution is -2.13. The predicted molar refractivity (Wildman–Crippen MR) is 94.5 cm³/mol. The van der Waals surface area contributed by atoms with Crippen molar-refractivity contribution in [2.75, 3.05) is 5.32 Å². The van der Waals surface area contributed by atoms with E-state index in [4.69, 9.17) is 23.2 Å². The molecule has 0 fully saturated rings. The van der Waals surface area contributed by atoms with E-state index < -0.39 is 5.91 Å². The van der Waals surface area contributed by atoms with Crippen LogP contribution >= 0.6 is 39.1 Å². The fourth-order valence-corrected chi connectivity index (χ4v) is 2.51. The summed E-state index contributed by atoms with van der Waals surface area (Å²) in [5.74, 6) is -0.856. The zero-order chi connectivity index (χ0) is 17.0. The first-order chi connectivity index (χ1) is 10.9. The van der Waals surface area contributed by atoms with Gasteiger partial charge in [-0.3, -0.25) is 4.79 Å². The van der Waals surface area contributed by atoms with Crippen LogP contribution in [0.1, 0.15) is 5.56 Å². The number of carbonyl (C=O) groups excluding carboxylic acids is 1. The third-order valence-corrected chi connectivity index (χ3v) is 3.86. The smallest absolute Gasteiger partial charge is 0.266 e. The molecule has 4 nitrogen and oxygen atoms in total.